The van der Waals surface area contributed by atoms with Gasteiger partial charge in [0.05, 0.1) is 24.6 Å². The van der Waals surface area contributed by atoms with Crippen LogP contribution in [0.4, 0.5) is 13.2 Å². The minimum Gasteiger partial charge on any atom is -0.394 e. The third-order valence-corrected chi connectivity index (χ3v) is 7.44. The van der Waals surface area contributed by atoms with E-state index in [1.165, 1.54) is 18.0 Å². The van der Waals surface area contributed by atoms with Crippen molar-refractivity contribution in [1.82, 2.24) is 25.1 Å². The number of hydrogen-bond donors (Lipinski definition) is 2. The van der Waals surface area contributed by atoms with E-state index < -0.39 is 54.5 Å². The van der Waals surface area contributed by atoms with Crippen molar-refractivity contribution in [3.05, 3.63) is 53.3 Å². The Morgan fingerprint density at radius 3 is 2.47 bits per heavy atom. The highest BCUT2D eigenvalue weighted by molar-refractivity contribution is 5.57. The van der Waals surface area contributed by atoms with Crippen LogP contribution in [0, 0.1) is 17.5 Å². The molecule has 0 saturated carbocycles. The molecule has 0 spiro atoms. The Hall–Kier alpha value is -2.84. The van der Waals surface area contributed by atoms with Crippen molar-refractivity contribution in [2.45, 2.75) is 55.6 Å². The minimum absolute atomic E-state index is 0.0255. The Labute approximate surface area is 216 Å². The molecule has 2 fully saturated rings. The number of aromatic nitrogens is 4. The van der Waals surface area contributed by atoms with E-state index in [4.69, 9.17) is 14.0 Å². The number of likely N-dealkylation sites (tertiary alicyclic amines) is 1. The first-order chi connectivity index (χ1) is 18.3. The van der Waals surface area contributed by atoms with Crippen molar-refractivity contribution >= 4 is 0 Å². The van der Waals surface area contributed by atoms with E-state index in [-0.39, 0.29) is 23.6 Å². The summed E-state index contributed by atoms with van der Waals surface area (Å²) in [6, 6.07) is 2.66. The van der Waals surface area contributed by atoms with Gasteiger partial charge < -0.3 is 29.1 Å². The molecule has 1 aromatic carbocycles. The molecule has 206 valence electrons. The molecular formula is C25H30F3N5O5. The zero-order valence-corrected chi connectivity index (χ0v) is 21.0. The molecule has 4 heterocycles. The van der Waals surface area contributed by atoms with Crippen molar-refractivity contribution in [3.63, 3.8) is 0 Å². The van der Waals surface area contributed by atoms with Crippen LogP contribution in [-0.4, -0.2) is 93.5 Å². The SMILES string of the molecule is CO[C@@H]1[C@@H](n2cc(-c3cc(F)c(F)c(F)c3)nn2)[C@@H](O)[C@@H](CO)O[C@@H]1Cc1cc(C2CCN(C)CC2)on1. The zero-order chi connectivity index (χ0) is 27.0. The first kappa shape index (κ1) is 26.8. The molecule has 0 unspecified atom stereocenters. The monoisotopic (exact) mass is 537 g/mol. The highest BCUT2D eigenvalue weighted by Crippen LogP contribution is 2.35. The smallest absolute Gasteiger partial charge is 0.194 e. The summed E-state index contributed by atoms with van der Waals surface area (Å²) < 4.78 is 59.6. The molecular weight excluding hydrogens is 507 g/mol. The van der Waals surface area contributed by atoms with Crippen LogP contribution >= 0.6 is 0 Å². The van der Waals surface area contributed by atoms with Crippen LogP contribution in [0.2, 0.25) is 0 Å². The largest absolute Gasteiger partial charge is 0.394 e. The summed E-state index contributed by atoms with van der Waals surface area (Å²) in [6.45, 7) is 1.49. The van der Waals surface area contributed by atoms with Crippen LogP contribution in [0.3, 0.4) is 0 Å². The number of nitrogens with zero attached hydrogens (tertiary/aromatic N) is 5. The normalized spacial score (nSPS) is 27.2. The van der Waals surface area contributed by atoms with Crippen LogP contribution in [-0.2, 0) is 15.9 Å². The summed E-state index contributed by atoms with van der Waals surface area (Å²) >= 11 is 0. The van der Waals surface area contributed by atoms with Crippen LogP contribution in [0.1, 0.15) is 36.3 Å². The predicted molar refractivity (Wildman–Crippen MR) is 127 cm³/mol. The second-order valence-electron chi connectivity index (χ2n) is 9.92. The van der Waals surface area contributed by atoms with E-state index in [2.05, 4.69) is 27.4 Å². The van der Waals surface area contributed by atoms with Gasteiger partial charge in [0.15, 0.2) is 17.5 Å². The number of aliphatic hydroxyl groups is 2. The standard InChI is InChI=1S/C25H30F3N5O5/c1-32-5-3-13(4-6-32)19-9-15(30-38-19)10-20-25(36-2)23(24(35)21(12-34)37-20)33-11-18(29-31-33)14-7-16(26)22(28)17(27)8-14/h7-9,11,13,20-21,23-25,34-35H,3-6,10,12H2,1-2H3/t20-,21-,23+,24+,25+/m1/s1. The topological polar surface area (TPSA) is 119 Å². The zero-order valence-electron chi connectivity index (χ0n) is 21.0. The summed E-state index contributed by atoms with van der Waals surface area (Å²) in [6.07, 6.45) is -0.00964. The fourth-order valence-electron chi connectivity index (χ4n) is 5.30. The Morgan fingerprint density at radius 1 is 1.11 bits per heavy atom. The molecule has 2 aliphatic heterocycles. The molecule has 5 atom stereocenters. The second kappa shape index (κ2) is 11.1. The van der Waals surface area contributed by atoms with E-state index in [9.17, 15) is 23.4 Å². The fourth-order valence-corrected chi connectivity index (χ4v) is 5.30. The average molecular weight is 538 g/mol. The number of aliphatic hydroxyl groups excluding tert-OH is 2. The first-order valence-electron chi connectivity index (χ1n) is 12.5. The van der Waals surface area contributed by atoms with Crippen molar-refractivity contribution in [3.8, 4) is 11.3 Å². The molecule has 2 aromatic heterocycles. The van der Waals surface area contributed by atoms with Gasteiger partial charge in [0.25, 0.3) is 0 Å². The number of ether oxygens (including phenoxy) is 2. The Kier molecular flexibility index (Phi) is 7.82. The van der Waals surface area contributed by atoms with Gasteiger partial charge in [0.1, 0.15) is 35.8 Å². The van der Waals surface area contributed by atoms with Crippen molar-refractivity contribution in [2.24, 2.45) is 0 Å². The number of rotatable bonds is 7. The lowest BCUT2D eigenvalue weighted by Crippen LogP contribution is -2.57. The van der Waals surface area contributed by atoms with Gasteiger partial charge in [-0.2, -0.15) is 0 Å². The summed E-state index contributed by atoms with van der Waals surface area (Å²) in [5.41, 5.74) is 0.685. The van der Waals surface area contributed by atoms with Gasteiger partial charge in [0, 0.05) is 31.1 Å². The van der Waals surface area contributed by atoms with Crippen LogP contribution in [0.25, 0.3) is 11.3 Å². The maximum Gasteiger partial charge on any atom is 0.194 e. The highest BCUT2D eigenvalue weighted by atomic mass is 19.2. The van der Waals surface area contributed by atoms with Gasteiger partial charge in [-0.25, -0.2) is 17.9 Å². The van der Waals surface area contributed by atoms with E-state index >= 15 is 0 Å². The third-order valence-electron chi connectivity index (χ3n) is 7.44. The van der Waals surface area contributed by atoms with E-state index in [1.807, 2.05) is 6.07 Å². The number of methoxy groups -OCH3 is 1. The molecule has 0 radical (unpaired) electrons. The second-order valence-corrected chi connectivity index (χ2v) is 9.92. The van der Waals surface area contributed by atoms with Crippen molar-refractivity contribution in [1.29, 1.82) is 0 Å². The highest BCUT2D eigenvalue weighted by Gasteiger charge is 2.47. The fraction of sp³-hybridized carbons (Fsp3) is 0.560. The van der Waals surface area contributed by atoms with Gasteiger partial charge in [-0.05, 0) is 45.1 Å². The predicted octanol–water partition coefficient (Wildman–Crippen LogP) is 2.08. The maximum absolute atomic E-state index is 13.8. The molecule has 2 N–H and O–H groups in total. The molecule has 0 amide bonds. The van der Waals surface area contributed by atoms with Gasteiger partial charge in [-0.15, -0.1) is 5.10 Å². The lowest BCUT2D eigenvalue weighted by Gasteiger charge is -2.43. The average Bonchev–Trinajstić information content (AvgIpc) is 3.58. The van der Waals surface area contributed by atoms with Gasteiger partial charge in [-0.3, -0.25) is 0 Å². The van der Waals surface area contributed by atoms with Crippen molar-refractivity contribution < 1.29 is 37.4 Å². The third kappa shape index (κ3) is 5.21. The maximum atomic E-state index is 13.8. The molecule has 38 heavy (non-hydrogen) atoms. The molecule has 2 saturated heterocycles. The van der Waals surface area contributed by atoms with Gasteiger partial charge in [-0.1, -0.05) is 10.4 Å². The van der Waals surface area contributed by atoms with Crippen LogP contribution < -0.4 is 0 Å². The van der Waals surface area contributed by atoms with E-state index in [1.54, 1.807) is 0 Å². The minimum atomic E-state index is -1.58. The summed E-state index contributed by atoms with van der Waals surface area (Å²) in [5, 5.41) is 33.1. The lowest BCUT2D eigenvalue weighted by molar-refractivity contribution is -0.212. The number of hydrogen-bond acceptors (Lipinski definition) is 9. The molecule has 5 rings (SSSR count). The Bertz CT molecular complexity index is 1220. The number of benzene rings is 1. The molecule has 0 aliphatic carbocycles. The van der Waals surface area contributed by atoms with E-state index in [0.29, 0.717) is 5.69 Å². The molecule has 10 nitrogen and oxygen atoms in total. The van der Waals surface area contributed by atoms with Crippen LogP contribution in [0.15, 0.2) is 28.9 Å². The first-order valence-corrected chi connectivity index (χ1v) is 12.5. The number of halogens is 3. The van der Waals surface area contributed by atoms with Gasteiger partial charge in [0.2, 0.25) is 0 Å². The lowest BCUT2D eigenvalue weighted by atomic mass is 9.90. The van der Waals surface area contributed by atoms with E-state index in [0.717, 1.165) is 43.8 Å². The van der Waals surface area contributed by atoms with Gasteiger partial charge >= 0.3 is 0 Å². The van der Waals surface area contributed by atoms with Crippen LogP contribution in [0.5, 0.6) is 0 Å². The quantitative estimate of drug-likeness (QED) is 0.437. The molecule has 3 aromatic rings. The summed E-state index contributed by atoms with van der Waals surface area (Å²) in [7, 11) is 3.54. The summed E-state index contributed by atoms with van der Waals surface area (Å²) in [4.78, 5) is 2.27. The molecule has 0 bridgehead atoms. The Balaban J connectivity index is 1.38. The summed E-state index contributed by atoms with van der Waals surface area (Å²) in [5.74, 6) is -3.20. The molecule has 2 aliphatic rings. The Morgan fingerprint density at radius 2 is 1.82 bits per heavy atom. The van der Waals surface area contributed by atoms with Crippen molar-refractivity contribution in [2.75, 3.05) is 33.9 Å². The molecule has 13 heteroatoms. The number of piperidine rings is 1.